The van der Waals surface area contributed by atoms with Crippen LogP contribution in [0.3, 0.4) is 0 Å². The van der Waals surface area contributed by atoms with E-state index in [-0.39, 0.29) is 6.04 Å². The molecule has 0 radical (unpaired) electrons. The number of nitrogens with one attached hydrogen (secondary N) is 1. The predicted octanol–water partition coefficient (Wildman–Crippen LogP) is 3.79. The topological polar surface area (TPSA) is 30.5 Å². The maximum absolute atomic E-state index is 5.52. The molecular weight excluding hydrogens is 262 g/mol. The van der Waals surface area contributed by atoms with E-state index in [1.807, 2.05) is 36.4 Å². The van der Waals surface area contributed by atoms with E-state index in [2.05, 4.69) is 24.4 Å². The zero-order chi connectivity index (χ0) is 15.1. The number of methoxy groups -OCH3 is 2. The summed E-state index contributed by atoms with van der Waals surface area (Å²) in [4.78, 5) is 0. The Bertz CT molecular complexity index is 521. The fourth-order valence-electron chi connectivity index (χ4n) is 2.49. The first kappa shape index (κ1) is 15.4. The highest BCUT2D eigenvalue weighted by Gasteiger charge is 2.20. The average Bonchev–Trinajstić information content (AvgIpc) is 2.56. The second-order valence-electron chi connectivity index (χ2n) is 4.87. The van der Waals surface area contributed by atoms with Gasteiger partial charge in [-0.05, 0) is 25.1 Å². The molecule has 0 amide bonds. The Balaban J connectivity index is 2.47. The van der Waals surface area contributed by atoms with Gasteiger partial charge in [-0.2, -0.15) is 0 Å². The molecule has 0 spiro atoms. The molecule has 0 saturated heterocycles. The summed E-state index contributed by atoms with van der Waals surface area (Å²) in [6.07, 6.45) is 1.07. The number of para-hydroxylation sites is 2. The van der Waals surface area contributed by atoms with Crippen molar-refractivity contribution in [2.75, 3.05) is 20.8 Å². The summed E-state index contributed by atoms with van der Waals surface area (Å²) in [6.45, 7) is 3.09. The van der Waals surface area contributed by atoms with Crippen LogP contribution < -0.4 is 14.8 Å². The molecule has 0 aromatic heterocycles. The molecule has 0 aliphatic heterocycles. The molecule has 3 heteroatoms. The lowest BCUT2D eigenvalue weighted by Crippen LogP contribution is -2.24. The molecule has 0 aliphatic rings. The smallest absolute Gasteiger partial charge is 0.123 e. The van der Waals surface area contributed by atoms with Crippen LogP contribution in [0.2, 0.25) is 0 Å². The first-order valence-corrected chi connectivity index (χ1v) is 7.31. The molecule has 21 heavy (non-hydrogen) atoms. The number of benzene rings is 2. The third-order valence-electron chi connectivity index (χ3n) is 3.50. The van der Waals surface area contributed by atoms with Gasteiger partial charge >= 0.3 is 0 Å². The highest BCUT2D eigenvalue weighted by molar-refractivity contribution is 5.46. The normalized spacial score (nSPS) is 10.7. The molecule has 0 bridgehead atoms. The zero-order valence-electron chi connectivity index (χ0n) is 12.9. The Labute approximate surface area is 126 Å². The minimum Gasteiger partial charge on any atom is -0.496 e. The summed E-state index contributed by atoms with van der Waals surface area (Å²) in [5.74, 6) is 1.77. The summed E-state index contributed by atoms with van der Waals surface area (Å²) in [6, 6.07) is 16.3. The Hall–Kier alpha value is -2.00. The van der Waals surface area contributed by atoms with Gasteiger partial charge in [0.15, 0.2) is 0 Å². The Kier molecular flexibility index (Phi) is 5.64. The van der Waals surface area contributed by atoms with Crippen LogP contribution in [0.4, 0.5) is 0 Å². The zero-order valence-corrected chi connectivity index (χ0v) is 12.9. The van der Waals surface area contributed by atoms with Crippen molar-refractivity contribution in [3.63, 3.8) is 0 Å². The van der Waals surface area contributed by atoms with Gasteiger partial charge in [-0.25, -0.2) is 0 Å². The average molecular weight is 285 g/mol. The van der Waals surface area contributed by atoms with Crippen LogP contribution in [-0.2, 0) is 0 Å². The lowest BCUT2D eigenvalue weighted by Gasteiger charge is -2.23. The maximum atomic E-state index is 5.52. The van der Waals surface area contributed by atoms with Gasteiger partial charge in [0.05, 0.1) is 20.3 Å². The first-order chi connectivity index (χ1) is 10.3. The Morgan fingerprint density at radius 3 is 1.76 bits per heavy atom. The van der Waals surface area contributed by atoms with Gasteiger partial charge in [-0.3, -0.25) is 0 Å². The molecule has 0 saturated carbocycles. The lowest BCUT2D eigenvalue weighted by atomic mass is 9.96. The largest absolute Gasteiger partial charge is 0.496 e. The summed E-state index contributed by atoms with van der Waals surface area (Å²) < 4.78 is 11.0. The van der Waals surface area contributed by atoms with Crippen molar-refractivity contribution in [3.8, 4) is 11.5 Å². The van der Waals surface area contributed by atoms with Gasteiger partial charge in [-0.15, -0.1) is 0 Å². The van der Waals surface area contributed by atoms with E-state index in [0.29, 0.717) is 0 Å². The minimum atomic E-state index is 0.0530. The standard InChI is InChI=1S/C18H23NO2/c1-4-13-19-18(14-9-5-7-11-16(14)20-2)15-10-6-8-12-17(15)21-3/h5-12,18-19H,4,13H2,1-3H3. The summed E-state index contributed by atoms with van der Waals surface area (Å²) in [5.41, 5.74) is 2.25. The quantitative estimate of drug-likeness (QED) is 0.839. The van der Waals surface area contributed by atoms with E-state index >= 15 is 0 Å². The highest BCUT2D eigenvalue weighted by Crippen LogP contribution is 2.34. The van der Waals surface area contributed by atoms with Crippen molar-refractivity contribution in [2.45, 2.75) is 19.4 Å². The van der Waals surface area contributed by atoms with E-state index in [9.17, 15) is 0 Å². The molecule has 0 unspecified atom stereocenters. The van der Waals surface area contributed by atoms with E-state index < -0.39 is 0 Å². The number of rotatable bonds is 7. The molecule has 2 rings (SSSR count). The van der Waals surface area contributed by atoms with Crippen molar-refractivity contribution in [1.82, 2.24) is 5.32 Å². The van der Waals surface area contributed by atoms with Crippen molar-refractivity contribution in [2.24, 2.45) is 0 Å². The maximum Gasteiger partial charge on any atom is 0.123 e. The van der Waals surface area contributed by atoms with E-state index in [4.69, 9.17) is 9.47 Å². The van der Waals surface area contributed by atoms with Crippen molar-refractivity contribution in [3.05, 3.63) is 59.7 Å². The Morgan fingerprint density at radius 1 is 0.857 bits per heavy atom. The molecule has 2 aromatic rings. The van der Waals surface area contributed by atoms with E-state index in [1.165, 1.54) is 0 Å². The summed E-state index contributed by atoms with van der Waals surface area (Å²) in [5, 5.41) is 3.59. The van der Waals surface area contributed by atoms with E-state index in [0.717, 1.165) is 35.6 Å². The number of hydrogen-bond acceptors (Lipinski definition) is 3. The van der Waals surface area contributed by atoms with Crippen LogP contribution >= 0.6 is 0 Å². The van der Waals surface area contributed by atoms with E-state index in [1.54, 1.807) is 14.2 Å². The molecule has 0 atom stereocenters. The number of hydrogen-bond donors (Lipinski definition) is 1. The fourth-order valence-corrected chi connectivity index (χ4v) is 2.49. The minimum absolute atomic E-state index is 0.0530. The Morgan fingerprint density at radius 2 is 1.33 bits per heavy atom. The predicted molar refractivity (Wildman–Crippen MR) is 86.1 cm³/mol. The fraction of sp³-hybridized carbons (Fsp3) is 0.333. The molecule has 2 aromatic carbocycles. The molecule has 3 nitrogen and oxygen atoms in total. The second kappa shape index (κ2) is 7.70. The van der Waals surface area contributed by atoms with Crippen molar-refractivity contribution in [1.29, 1.82) is 0 Å². The SMILES string of the molecule is CCCNC(c1ccccc1OC)c1ccccc1OC. The summed E-state index contributed by atoms with van der Waals surface area (Å²) >= 11 is 0. The molecule has 1 N–H and O–H groups in total. The van der Waals surface area contributed by atoms with Crippen LogP contribution in [0.25, 0.3) is 0 Å². The molecule has 0 heterocycles. The monoisotopic (exact) mass is 285 g/mol. The third kappa shape index (κ3) is 3.56. The van der Waals surface area contributed by atoms with Gasteiger partial charge in [0.25, 0.3) is 0 Å². The third-order valence-corrected chi connectivity index (χ3v) is 3.50. The summed E-state index contributed by atoms with van der Waals surface area (Å²) in [7, 11) is 3.41. The van der Waals surface area contributed by atoms with Crippen LogP contribution in [0, 0.1) is 0 Å². The van der Waals surface area contributed by atoms with Crippen molar-refractivity contribution < 1.29 is 9.47 Å². The van der Waals surface area contributed by atoms with Crippen LogP contribution in [0.5, 0.6) is 11.5 Å². The highest BCUT2D eigenvalue weighted by atomic mass is 16.5. The van der Waals surface area contributed by atoms with Gasteiger partial charge in [0.2, 0.25) is 0 Å². The van der Waals surface area contributed by atoms with Gasteiger partial charge in [-0.1, -0.05) is 43.3 Å². The van der Waals surface area contributed by atoms with Crippen LogP contribution in [-0.4, -0.2) is 20.8 Å². The second-order valence-corrected chi connectivity index (χ2v) is 4.87. The molecule has 0 aliphatic carbocycles. The first-order valence-electron chi connectivity index (χ1n) is 7.31. The lowest BCUT2D eigenvalue weighted by molar-refractivity contribution is 0.393. The molecule has 112 valence electrons. The van der Waals surface area contributed by atoms with Gasteiger partial charge in [0.1, 0.15) is 11.5 Å². The van der Waals surface area contributed by atoms with Crippen LogP contribution in [0.1, 0.15) is 30.5 Å². The van der Waals surface area contributed by atoms with Crippen molar-refractivity contribution >= 4 is 0 Å². The van der Waals surface area contributed by atoms with Gasteiger partial charge < -0.3 is 14.8 Å². The molecular formula is C18H23NO2. The number of ether oxygens (including phenoxy) is 2. The van der Waals surface area contributed by atoms with Gasteiger partial charge in [0, 0.05) is 11.1 Å². The van der Waals surface area contributed by atoms with Crippen LogP contribution in [0.15, 0.2) is 48.5 Å². The molecule has 0 fully saturated rings.